The van der Waals surface area contributed by atoms with E-state index in [9.17, 15) is 14.4 Å². The normalized spacial score (nSPS) is 18.6. The van der Waals surface area contributed by atoms with Gasteiger partial charge >= 0.3 is 6.09 Å². The Kier molecular flexibility index (Phi) is 13.1. The van der Waals surface area contributed by atoms with Crippen molar-refractivity contribution in [3.05, 3.63) is 71.3 Å². The van der Waals surface area contributed by atoms with Crippen molar-refractivity contribution in [1.29, 1.82) is 5.41 Å². The Morgan fingerprint density at radius 3 is 2.49 bits per heavy atom. The van der Waals surface area contributed by atoms with Gasteiger partial charge in [-0.1, -0.05) is 75.4 Å². The molecule has 1 heterocycles. The fourth-order valence-electron chi connectivity index (χ4n) is 4.84. The van der Waals surface area contributed by atoms with E-state index >= 15 is 0 Å². The second-order valence-electron chi connectivity index (χ2n) is 10.6. The minimum Gasteiger partial charge on any atom is -0.453 e. The van der Waals surface area contributed by atoms with Crippen molar-refractivity contribution in [2.24, 2.45) is 5.92 Å². The lowest BCUT2D eigenvalue weighted by molar-refractivity contribution is -0.130. The second-order valence-corrected chi connectivity index (χ2v) is 11.1. The minimum absolute atomic E-state index is 0.0543. The molecule has 1 aromatic carbocycles. The smallest absolute Gasteiger partial charge is 0.407 e. The summed E-state index contributed by atoms with van der Waals surface area (Å²) < 4.78 is 4.72. The summed E-state index contributed by atoms with van der Waals surface area (Å²) >= 11 is 5.98. The first-order valence-electron chi connectivity index (χ1n) is 14.0. The molecule has 2 rings (SSSR count). The molecular weight excluding hydrogens is 542 g/mol. The van der Waals surface area contributed by atoms with Crippen molar-refractivity contribution in [1.82, 2.24) is 20.9 Å². The number of benzene rings is 1. The molecule has 10 heteroatoms. The van der Waals surface area contributed by atoms with Crippen LogP contribution >= 0.6 is 11.6 Å². The number of hydrogen-bond donors (Lipinski definition) is 4. The summed E-state index contributed by atoms with van der Waals surface area (Å²) in [5.41, 5.74) is 0.394. The number of alkyl carbamates (subject to hydrolysis) is 1. The molecule has 41 heavy (non-hydrogen) atoms. The van der Waals surface area contributed by atoms with Gasteiger partial charge in [0.05, 0.1) is 7.11 Å². The van der Waals surface area contributed by atoms with Crippen LogP contribution in [-0.2, 0) is 20.7 Å². The third-order valence-corrected chi connectivity index (χ3v) is 7.25. The summed E-state index contributed by atoms with van der Waals surface area (Å²) in [5, 5.41) is 17.9. The lowest BCUT2D eigenvalue weighted by Gasteiger charge is -2.29. The summed E-state index contributed by atoms with van der Waals surface area (Å²) in [6, 6.07) is 6.05. The number of nitrogens with zero attached hydrogens (tertiary/aromatic N) is 1. The van der Waals surface area contributed by atoms with Crippen LogP contribution in [0.25, 0.3) is 0 Å². The van der Waals surface area contributed by atoms with E-state index in [1.807, 2.05) is 52.0 Å². The molecule has 0 spiro atoms. The third-order valence-electron chi connectivity index (χ3n) is 7.00. The van der Waals surface area contributed by atoms with E-state index in [1.165, 1.54) is 12.0 Å². The Bertz CT molecular complexity index is 1150. The molecule has 0 radical (unpaired) electrons. The van der Waals surface area contributed by atoms with Crippen LogP contribution in [0, 0.1) is 11.3 Å². The maximum atomic E-state index is 13.7. The van der Waals surface area contributed by atoms with Gasteiger partial charge in [-0.3, -0.25) is 19.9 Å². The van der Waals surface area contributed by atoms with E-state index in [-0.39, 0.29) is 36.2 Å². The van der Waals surface area contributed by atoms with E-state index < -0.39 is 17.7 Å². The predicted octanol–water partition coefficient (Wildman–Crippen LogP) is 5.12. The van der Waals surface area contributed by atoms with E-state index in [0.29, 0.717) is 42.8 Å². The highest BCUT2D eigenvalue weighted by molar-refractivity contribution is 6.30. The SMILES string of the molecule is C=C(/C=C\C=C/C)[C@@]1(CC(C)C)NC(=N)N(CCC[C@H](CC)NC(=O)[C@H](Cc2ccc(Cl)cc2)NC(=O)OC)C1=O. The molecule has 0 bridgehead atoms. The minimum atomic E-state index is -1.06. The van der Waals surface area contributed by atoms with Crippen LogP contribution in [0.4, 0.5) is 4.79 Å². The molecule has 4 N–H and O–H groups in total. The standard InChI is InChI=1S/C31H44ClN5O4/c1-7-9-10-12-22(5)31(20-21(3)4)28(39)37(29(33)36-31)18-11-13-25(8-2)34-27(38)26(35-30(40)41-6)19-23-14-16-24(32)17-15-23/h7,9-10,12,14-17,21,25-26H,5,8,11,13,18-20H2,1-4,6H3,(H2,33,36)(H,34,38)(H,35,40)/b9-7-,12-10-/t25-,26-,31+/m0/s1. The van der Waals surface area contributed by atoms with Crippen LogP contribution in [0.1, 0.15) is 58.9 Å². The summed E-state index contributed by atoms with van der Waals surface area (Å²) in [6.45, 7) is 12.4. The Labute approximate surface area is 248 Å². The Hall–Kier alpha value is -3.59. The maximum Gasteiger partial charge on any atom is 0.407 e. The van der Waals surface area contributed by atoms with E-state index in [4.69, 9.17) is 21.7 Å². The molecular formula is C31H44ClN5O4. The number of carbonyl (C=O) groups excluding carboxylic acids is 3. The molecule has 0 aromatic heterocycles. The number of halogens is 1. The van der Waals surface area contributed by atoms with Crippen LogP contribution < -0.4 is 16.0 Å². The van der Waals surface area contributed by atoms with Gasteiger partial charge in [0.2, 0.25) is 5.91 Å². The molecule has 0 unspecified atom stereocenters. The van der Waals surface area contributed by atoms with Crippen molar-refractivity contribution < 1.29 is 19.1 Å². The van der Waals surface area contributed by atoms with Crippen LogP contribution in [0.2, 0.25) is 5.02 Å². The Morgan fingerprint density at radius 2 is 1.90 bits per heavy atom. The number of rotatable bonds is 15. The lowest BCUT2D eigenvalue weighted by Crippen LogP contribution is -2.50. The summed E-state index contributed by atoms with van der Waals surface area (Å²) in [5.74, 6) is -0.262. The molecule has 1 fully saturated rings. The number of carbonyl (C=O) groups is 3. The summed E-state index contributed by atoms with van der Waals surface area (Å²) in [7, 11) is 1.25. The average molecular weight is 586 g/mol. The Balaban J connectivity index is 2.06. The quantitative estimate of drug-likeness (QED) is 0.213. The fraction of sp³-hybridized carbons (Fsp3) is 0.484. The number of amides is 3. The maximum absolute atomic E-state index is 13.7. The van der Waals surface area contributed by atoms with Gasteiger partial charge < -0.3 is 20.7 Å². The van der Waals surface area contributed by atoms with E-state index in [1.54, 1.807) is 24.3 Å². The van der Waals surface area contributed by atoms with Gasteiger partial charge in [0.1, 0.15) is 11.6 Å². The molecule has 9 nitrogen and oxygen atoms in total. The lowest BCUT2D eigenvalue weighted by atomic mass is 9.82. The first-order chi connectivity index (χ1) is 19.5. The summed E-state index contributed by atoms with van der Waals surface area (Å²) in [6.07, 6.45) is 9.32. The van der Waals surface area contributed by atoms with Crippen molar-refractivity contribution >= 4 is 35.5 Å². The van der Waals surface area contributed by atoms with Gasteiger partial charge in [-0.05, 0) is 61.8 Å². The van der Waals surface area contributed by atoms with Crippen molar-refractivity contribution in [2.45, 2.75) is 77.4 Å². The van der Waals surface area contributed by atoms with Gasteiger partial charge in [-0.2, -0.15) is 0 Å². The highest BCUT2D eigenvalue weighted by Gasteiger charge is 2.50. The van der Waals surface area contributed by atoms with Gasteiger partial charge in [0, 0.05) is 24.0 Å². The molecule has 3 atom stereocenters. The van der Waals surface area contributed by atoms with Crippen molar-refractivity contribution in [2.75, 3.05) is 13.7 Å². The monoisotopic (exact) mass is 585 g/mol. The van der Waals surface area contributed by atoms with Gasteiger partial charge in [0.15, 0.2) is 5.96 Å². The van der Waals surface area contributed by atoms with E-state index in [0.717, 1.165) is 5.56 Å². The molecule has 1 aliphatic heterocycles. The fourth-order valence-corrected chi connectivity index (χ4v) is 4.96. The van der Waals surface area contributed by atoms with Gasteiger partial charge in [0.25, 0.3) is 5.91 Å². The molecule has 1 aromatic rings. The molecule has 3 amide bonds. The second kappa shape index (κ2) is 16.0. The number of nitrogens with one attached hydrogen (secondary N) is 4. The molecule has 1 aliphatic rings. The largest absolute Gasteiger partial charge is 0.453 e. The van der Waals surface area contributed by atoms with Crippen LogP contribution in [0.3, 0.4) is 0 Å². The molecule has 1 saturated heterocycles. The number of guanidine groups is 1. The van der Waals surface area contributed by atoms with Crippen LogP contribution in [0.5, 0.6) is 0 Å². The Morgan fingerprint density at radius 1 is 1.22 bits per heavy atom. The zero-order valence-electron chi connectivity index (χ0n) is 24.8. The average Bonchev–Trinajstić information content (AvgIpc) is 3.17. The number of methoxy groups -OCH3 is 1. The predicted molar refractivity (Wildman–Crippen MR) is 164 cm³/mol. The highest BCUT2D eigenvalue weighted by atomic mass is 35.5. The van der Waals surface area contributed by atoms with Crippen LogP contribution in [-0.4, -0.2) is 60.0 Å². The van der Waals surface area contributed by atoms with Gasteiger partial charge in [-0.15, -0.1) is 0 Å². The number of allylic oxidation sites excluding steroid dienone is 3. The molecule has 224 valence electrons. The van der Waals surface area contributed by atoms with Crippen LogP contribution in [0.15, 0.2) is 60.7 Å². The first-order valence-corrected chi connectivity index (χ1v) is 14.4. The zero-order chi connectivity index (χ0) is 30.6. The number of ether oxygens (including phenoxy) is 1. The third kappa shape index (κ3) is 9.49. The van der Waals surface area contributed by atoms with Gasteiger partial charge in [-0.25, -0.2) is 4.79 Å². The highest BCUT2D eigenvalue weighted by Crippen LogP contribution is 2.32. The molecule has 0 saturated carbocycles. The summed E-state index contributed by atoms with van der Waals surface area (Å²) in [4.78, 5) is 40.3. The van der Waals surface area contributed by atoms with Crippen molar-refractivity contribution in [3.63, 3.8) is 0 Å². The zero-order valence-corrected chi connectivity index (χ0v) is 25.5. The molecule has 0 aliphatic carbocycles. The first kappa shape index (κ1) is 33.6. The van der Waals surface area contributed by atoms with E-state index in [2.05, 4.69) is 22.5 Å². The topological polar surface area (TPSA) is 124 Å². The van der Waals surface area contributed by atoms with Crippen molar-refractivity contribution in [3.8, 4) is 0 Å². The number of hydrogen-bond acceptors (Lipinski definition) is 5.